The van der Waals surface area contributed by atoms with Gasteiger partial charge < -0.3 is 10.6 Å². The molecule has 1 aliphatic heterocycles. The van der Waals surface area contributed by atoms with Gasteiger partial charge in [0.2, 0.25) is 5.91 Å². The summed E-state index contributed by atoms with van der Waals surface area (Å²) in [4.78, 5) is 16.3. The molecular formula is C12H23N5O. The third-order valence-electron chi connectivity index (χ3n) is 3.33. The fraction of sp³-hybridized carbons (Fsp3) is 0.917. The van der Waals surface area contributed by atoms with Crippen LogP contribution < -0.4 is 5.73 Å². The molecule has 0 aromatic heterocycles. The molecular weight excluding hydrogens is 230 g/mol. The Balaban J connectivity index is 2.11. The summed E-state index contributed by atoms with van der Waals surface area (Å²) in [7, 11) is 0. The quantitative estimate of drug-likeness (QED) is 0.294. The van der Waals surface area contributed by atoms with Gasteiger partial charge in [-0.3, -0.25) is 4.79 Å². The van der Waals surface area contributed by atoms with Gasteiger partial charge >= 0.3 is 0 Å². The molecule has 6 heteroatoms. The number of hydrogen-bond acceptors (Lipinski definition) is 3. The number of azide groups is 1. The number of rotatable bonds is 9. The Labute approximate surface area is 108 Å². The van der Waals surface area contributed by atoms with Gasteiger partial charge in [0.05, 0.1) is 0 Å². The average Bonchev–Trinajstić information content (AvgIpc) is 2.72. The highest BCUT2D eigenvalue weighted by Gasteiger charge is 2.28. The van der Waals surface area contributed by atoms with Crippen molar-refractivity contribution in [3.8, 4) is 0 Å². The first-order valence-corrected chi connectivity index (χ1v) is 6.76. The molecule has 0 radical (unpaired) electrons. The van der Waals surface area contributed by atoms with Crippen LogP contribution in [0, 0.1) is 5.92 Å². The topological polar surface area (TPSA) is 95.1 Å². The van der Waals surface area contributed by atoms with Gasteiger partial charge in [-0.1, -0.05) is 24.4 Å². The second-order valence-electron chi connectivity index (χ2n) is 4.88. The van der Waals surface area contributed by atoms with Crippen molar-refractivity contribution in [2.24, 2.45) is 16.8 Å². The Hall–Kier alpha value is -1.26. The van der Waals surface area contributed by atoms with Gasteiger partial charge in [0, 0.05) is 31.0 Å². The van der Waals surface area contributed by atoms with E-state index in [0.717, 1.165) is 38.9 Å². The fourth-order valence-electron chi connectivity index (χ4n) is 2.32. The summed E-state index contributed by atoms with van der Waals surface area (Å²) in [5.74, 6) is 0.417. The second kappa shape index (κ2) is 8.78. The van der Waals surface area contributed by atoms with Gasteiger partial charge in [-0.05, 0) is 30.8 Å². The Kier molecular flexibility index (Phi) is 7.22. The lowest BCUT2D eigenvalue weighted by Gasteiger charge is -2.16. The highest BCUT2D eigenvalue weighted by molar-refractivity contribution is 5.78. The highest BCUT2D eigenvalue weighted by atomic mass is 16.2. The maximum absolute atomic E-state index is 11.7. The van der Waals surface area contributed by atoms with Crippen LogP contribution in [0.5, 0.6) is 0 Å². The van der Waals surface area contributed by atoms with Gasteiger partial charge in [0.1, 0.15) is 0 Å². The van der Waals surface area contributed by atoms with Gasteiger partial charge in [-0.25, -0.2) is 0 Å². The van der Waals surface area contributed by atoms with E-state index in [0.29, 0.717) is 13.0 Å². The molecule has 0 bridgehead atoms. The van der Waals surface area contributed by atoms with Crippen molar-refractivity contribution < 1.29 is 4.79 Å². The summed E-state index contributed by atoms with van der Waals surface area (Å²) in [6, 6.07) is 0. The minimum atomic E-state index is 0.204. The molecule has 0 aliphatic carbocycles. The minimum Gasteiger partial charge on any atom is -0.342 e. The molecule has 2 N–H and O–H groups in total. The largest absolute Gasteiger partial charge is 0.342 e. The molecule has 0 spiro atoms. The van der Waals surface area contributed by atoms with Crippen LogP contribution in [0.2, 0.25) is 0 Å². The summed E-state index contributed by atoms with van der Waals surface area (Å²) in [6.45, 7) is 2.80. The van der Waals surface area contributed by atoms with Crippen molar-refractivity contribution in [3.05, 3.63) is 10.4 Å². The number of carbonyl (C=O) groups is 1. The third kappa shape index (κ3) is 5.38. The molecule has 1 saturated heterocycles. The number of amides is 1. The molecule has 0 aromatic rings. The molecule has 1 fully saturated rings. The number of nitrogens with zero attached hydrogens (tertiary/aromatic N) is 4. The first-order valence-electron chi connectivity index (χ1n) is 6.76. The average molecular weight is 253 g/mol. The SMILES string of the molecule is [N-]=[N+]=NCC1CC(=O)N(CCCCCCCN)C1. The van der Waals surface area contributed by atoms with E-state index in [1.54, 1.807) is 0 Å². The number of hydrogen-bond donors (Lipinski definition) is 1. The summed E-state index contributed by atoms with van der Waals surface area (Å²) in [5, 5.41) is 3.54. The van der Waals surface area contributed by atoms with E-state index < -0.39 is 0 Å². The number of likely N-dealkylation sites (tertiary alicyclic amines) is 1. The summed E-state index contributed by atoms with van der Waals surface area (Å²) < 4.78 is 0. The molecule has 1 atom stereocenters. The van der Waals surface area contributed by atoms with Crippen molar-refractivity contribution in [1.82, 2.24) is 4.90 Å². The normalized spacial score (nSPS) is 19.1. The molecule has 0 saturated carbocycles. The first-order chi connectivity index (χ1) is 8.77. The number of unbranched alkanes of at least 4 members (excludes halogenated alkanes) is 4. The van der Waals surface area contributed by atoms with E-state index in [2.05, 4.69) is 10.0 Å². The van der Waals surface area contributed by atoms with E-state index >= 15 is 0 Å². The second-order valence-corrected chi connectivity index (χ2v) is 4.88. The molecule has 1 unspecified atom stereocenters. The lowest BCUT2D eigenvalue weighted by atomic mass is 10.1. The predicted octanol–water partition coefficient (Wildman–Crippen LogP) is 2.05. The number of nitrogens with two attached hydrogens (primary N) is 1. The van der Waals surface area contributed by atoms with Crippen molar-refractivity contribution in [2.75, 3.05) is 26.2 Å². The molecule has 1 heterocycles. The zero-order valence-corrected chi connectivity index (χ0v) is 10.9. The van der Waals surface area contributed by atoms with Crippen molar-refractivity contribution in [3.63, 3.8) is 0 Å². The van der Waals surface area contributed by atoms with Crippen LogP contribution in [0.3, 0.4) is 0 Å². The predicted molar refractivity (Wildman–Crippen MR) is 70.8 cm³/mol. The van der Waals surface area contributed by atoms with E-state index in [-0.39, 0.29) is 11.8 Å². The third-order valence-corrected chi connectivity index (χ3v) is 3.33. The lowest BCUT2D eigenvalue weighted by Crippen LogP contribution is -2.26. The van der Waals surface area contributed by atoms with Crippen LogP contribution >= 0.6 is 0 Å². The van der Waals surface area contributed by atoms with Gasteiger partial charge in [0.25, 0.3) is 0 Å². The number of carbonyl (C=O) groups excluding carboxylic acids is 1. The van der Waals surface area contributed by atoms with Crippen LogP contribution in [0.15, 0.2) is 5.11 Å². The van der Waals surface area contributed by atoms with Crippen LogP contribution in [0.4, 0.5) is 0 Å². The first kappa shape index (κ1) is 14.8. The molecule has 18 heavy (non-hydrogen) atoms. The molecule has 6 nitrogen and oxygen atoms in total. The van der Waals surface area contributed by atoms with Gasteiger partial charge in [-0.15, -0.1) is 0 Å². The summed E-state index contributed by atoms with van der Waals surface area (Å²) >= 11 is 0. The maximum Gasteiger partial charge on any atom is 0.222 e. The summed E-state index contributed by atoms with van der Waals surface area (Å²) in [6.07, 6.45) is 6.23. The van der Waals surface area contributed by atoms with Gasteiger partial charge in [0.15, 0.2) is 0 Å². The zero-order chi connectivity index (χ0) is 13.2. The molecule has 1 rings (SSSR count). The highest BCUT2D eigenvalue weighted by Crippen LogP contribution is 2.19. The molecule has 102 valence electrons. The zero-order valence-electron chi connectivity index (χ0n) is 10.9. The van der Waals surface area contributed by atoms with E-state index in [4.69, 9.17) is 11.3 Å². The van der Waals surface area contributed by atoms with E-state index in [1.165, 1.54) is 12.8 Å². The smallest absolute Gasteiger partial charge is 0.222 e. The van der Waals surface area contributed by atoms with Crippen LogP contribution in [0.25, 0.3) is 10.4 Å². The van der Waals surface area contributed by atoms with E-state index in [1.807, 2.05) is 4.90 Å². The Bertz CT molecular complexity index is 301. The van der Waals surface area contributed by atoms with Crippen LogP contribution in [-0.2, 0) is 4.79 Å². The van der Waals surface area contributed by atoms with E-state index in [9.17, 15) is 4.79 Å². The fourth-order valence-corrected chi connectivity index (χ4v) is 2.32. The Morgan fingerprint density at radius 1 is 1.33 bits per heavy atom. The van der Waals surface area contributed by atoms with Gasteiger partial charge in [-0.2, -0.15) is 0 Å². The van der Waals surface area contributed by atoms with Crippen molar-refractivity contribution >= 4 is 5.91 Å². The monoisotopic (exact) mass is 253 g/mol. The van der Waals surface area contributed by atoms with Crippen molar-refractivity contribution in [2.45, 2.75) is 38.5 Å². The van der Waals surface area contributed by atoms with Crippen molar-refractivity contribution in [1.29, 1.82) is 0 Å². The van der Waals surface area contributed by atoms with Crippen LogP contribution in [0.1, 0.15) is 38.5 Å². The molecule has 1 aliphatic rings. The Morgan fingerprint density at radius 2 is 2.06 bits per heavy atom. The lowest BCUT2D eigenvalue weighted by molar-refractivity contribution is -0.127. The molecule has 0 aromatic carbocycles. The standard InChI is InChI=1S/C12H23N5O/c13-6-4-2-1-3-5-7-17-10-11(8-12(17)18)9-15-16-14/h11H,1-10,13H2. The van der Waals surface area contributed by atoms with Crippen LogP contribution in [-0.4, -0.2) is 37.0 Å². The minimum absolute atomic E-state index is 0.204. The summed E-state index contributed by atoms with van der Waals surface area (Å²) in [5.41, 5.74) is 13.7. The molecule has 1 amide bonds. The Morgan fingerprint density at radius 3 is 2.78 bits per heavy atom. The maximum atomic E-state index is 11.7.